The van der Waals surface area contributed by atoms with Gasteiger partial charge in [-0.2, -0.15) is 0 Å². The van der Waals surface area contributed by atoms with E-state index in [1.807, 2.05) is 11.3 Å². The van der Waals surface area contributed by atoms with Crippen LogP contribution in [-0.2, 0) is 6.54 Å². The van der Waals surface area contributed by atoms with Crippen LogP contribution >= 0.6 is 11.3 Å². The quantitative estimate of drug-likeness (QED) is 0.864. The Labute approximate surface area is 108 Å². The Bertz CT molecular complexity index is 326. The topological polar surface area (TPSA) is 15.3 Å². The van der Waals surface area contributed by atoms with Crippen LogP contribution < -0.4 is 5.32 Å². The first-order valence-corrected chi connectivity index (χ1v) is 7.77. The van der Waals surface area contributed by atoms with Gasteiger partial charge < -0.3 is 5.32 Å². The predicted molar refractivity (Wildman–Crippen MR) is 73.3 cm³/mol. The molecule has 1 saturated carbocycles. The van der Waals surface area contributed by atoms with E-state index in [4.69, 9.17) is 0 Å². The minimum atomic E-state index is 0.895. The Morgan fingerprint density at radius 1 is 1.24 bits per heavy atom. The van der Waals surface area contributed by atoms with Crippen molar-refractivity contribution in [3.63, 3.8) is 0 Å². The van der Waals surface area contributed by atoms with E-state index in [1.165, 1.54) is 56.7 Å². The van der Waals surface area contributed by atoms with Crippen molar-refractivity contribution in [3.8, 4) is 0 Å². The molecular weight excluding hydrogens is 228 g/mol. The molecule has 94 valence electrons. The molecule has 1 aliphatic heterocycles. The van der Waals surface area contributed by atoms with Gasteiger partial charge in [-0.25, -0.2) is 0 Å². The summed E-state index contributed by atoms with van der Waals surface area (Å²) in [4.78, 5) is 4.27. The van der Waals surface area contributed by atoms with Crippen LogP contribution in [0.3, 0.4) is 0 Å². The summed E-state index contributed by atoms with van der Waals surface area (Å²) in [6, 6.07) is 5.35. The minimum Gasteiger partial charge on any atom is -0.317 e. The van der Waals surface area contributed by atoms with Crippen LogP contribution in [0.1, 0.15) is 30.6 Å². The molecule has 1 aliphatic carbocycles. The smallest absolute Gasteiger partial charge is 0.0330 e. The molecule has 2 nitrogen and oxygen atoms in total. The average molecular weight is 250 g/mol. The van der Waals surface area contributed by atoms with Crippen molar-refractivity contribution >= 4 is 11.3 Å². The molecule has 0 atom stereocenters. The summed E-state index contributed by atoms with van der Waals surface area (Å²) in [6.07, 6.45) is 5.59. The van der Waals surface area contributed by atoms with Crippen LogP contribution in [0, 0.1) is 5.92 Å². The van der Waals surface area contributed by atoms with Crippen molar-refractivity contribution in [2.75, 3.05) is 19.6 Å². The van der Waals surface area contributed by atoms with E-state index in [0.717, 1.165) is 12.0 Å². The van der Waals surface area contributed by atoms with Gasteiger partial charge in [-0.1, -0.05) is 6.07 Å². The summed E-state index contributed by atoms with van der Waals surface area (Å²) in [5.74, 6) is 0.928. The molecule has 2 heterocycles. The van der Waals surface area contributed by atoms with Crippen molar-refractivity contribution in [1.29, 1.82) is 0 Å². The second-order valence-corrected chi connectivity index (χ2v) is 6.47. The van der Waals surface area contributed by atoms with E-state index in [2.05, 4.69) is 27.7 Å². The highest BCUT2D eigenvalue weighted by molar-refractivity contribution is 7.09. The SMILES string of the molecule is c1csc(CN(CC2CCNCC2)C2CC2)c1. The lowest BCUT2D eigenvalue weighted by atomic mass is 9.97. The first kappa shape index (κ1) is 11.7. The normalized spacial score (nSPS) is 22.2. The molecule has 0 unspecified atom stereocenters. The third kappa shape index (κ3) is 3.30. The number of rotatable bonds is 5. The molecule has 0 amide bonds. The van der Waals surface area contributed by atoms with E-state index in [1.54, 1.807) is 0 Å². The van der Waals surface area contributed by atoms with Gasteiger partial charge >= 0.3 is 0 Å². The molecule has 3 heteroatoms. The Balaban J connectivity index is 1.56. The molecule has 1 N–H and O–H groups in total. The first-order chi connectivity index (χ1) is 8.42. The summed E-state index contributed by atoms with van der Waals surface area (Å²) in [5, 5.41) is 5.66. The summed E-state index contributed by atoms with van der Waals surface area (Å²) in [7, 11) is 0. The largest absolute Gasteiger partial charge is 0.317 e. The minimum absolute atomic E-state index is 0.895. The maximum Gasteiger partial charge on any atom is 0.0330 e. The Morgan fingerprint density at radius 2 is 2.06 bits per heavy atom. The summed E-state index contributed by atoms with van der Waals surface area (Å²) in [6.45, 7) is 4.96. The van der Waals surface area contributed by atoms with Gasteiger partial charge in [-0.3, -0.25) is 4.90 Å². The van der Waals surface area contributed by atoms with Gasteiger partial charge in [0, 0.05) is 24.0 Å². The molecule has 0 bridgehead atoms. The van der Waals surface area contributed by atoms with E-state index >= 15 is 0 Å². The highest BCUT2D eigenvalue weighted by Gasteiger charge is 2.30. The Morgan fingerprint density at radius 3 is 2.71 bits per heavy atom. The Kier molecular flexibility index (Phi) is 3.79. The van der Waals surface area contributed by atoms with Gasteiger partial charge in [0.1, 0.15) is 0 Å². The molecule has 1 aromatic rings. The van der Waals surface area contributed by atoms with Gasteiger partial charge in [-0.05, 0) is 56.1 Å². The molecule has 1 aromatic heterocycles. The van der Waals surface area contributed by atoms with Crippen molar-refractivity contribution < 1.29 is 0 Å². The molecule has 0 spiro atoms. The lowest BCUT2D eigenvalue weighted by molar-refractivity contribution is 0.191. The van der Waals surface area contributed by atoms with E-state index in [0.29, 0.717) is 0 Å². The van der Waals surface area contributed by atoms with Crippen LogP contribution in [-0.4, -0.2) is 30.6 Å². The van der Waals surface area contributed by atoms with Gasteiger partial charge in [0.05, 0.1) is 0 Å². The molecule has 2 aliphatic rings. The maximum atomic E-state index is 3.46. The number of hydrogen-bond acceptors (Lipinski definition) is 3. The molecule has 17 heavy (non-hydrogen) atoms. The van der Waals surface area contributed by atoms with Crippen LogP contribution in [0.2, 0.25) is 0 Å². The lowest BCUT2D eigenvalue weighted by Crippen LogP contribution is -2.36. The highest BCUT2D eigenvalue weighted by atomic mass is 32.1. The van der Waals surface area contributed by atoms with Crippen LogP contribution in [0.5, 0.6) is 0 Å². The molecular formula is C14H22N2S. The second-order valence-electron chi connectivity index (χ2n) is 5.43. The molecule has 3 rings (SSSR count). The fourth-order valence-corrected chi connectivity index (χ4v) is 3.51. The maximum absolute atomic E-state index is 3.46. The first-order valence-electron chi connectivity index (χ1n) is 6.89. The summed E-state index contributed by atoms with van der Waals surface area (Å²) >= 11 is 1.90. The number of piperidine rings is 1. The molecule has 0 radical (unpaired) electrons. The molecule has 0 aromatic carbocycles. The summed E-state index contributed by atoms with van der Waals surface area (Å²) < 4.78 is 0. The van der Waals surface area contributed by atoms with Gasteiger partial charge in [-0.15, -0.1) is 11.3 Å². The van der Waals surface area contributed by atoms with Crippen molar-refractivity contribution in [1.82, 2.24) is 10.2 Å². The fraction of sp³-hybridized carbons (Fsp3) is 0.714. The van der Waals surface area contributed by atoms with Crippen molar-refractivity contribution in [3.05, 3.63) is 22.4 Å². The zero-order valence-corrected chi connectivity index (χ0v) is 11.2. The Hall–Kier alpha value is -0.380. The second kappa shape index (κ2) is 5.51. The number of hydrogen-bond donors (Lipinski definition) is 1. The fourth-order valence-electron chi connectivity index (χ4n) is 2.78. The zero-order valence-electron chi connectivity index (χ0n) is 10.4. The van der Waals surface area contributed by atoms with Gasteiger partial charge in [0.25, 0.3) is 0 Å². The zero-order chi connectivity index (χ0) is 11.5. The van der Waals surface area contributed by atoms with E-state index in [9.17, 15) is 0 Å². The van der Waals surface area contributed by atoms with Crippen LogP contribution in [0.4, 0.5) is 0 Å². The average Bonchev–Trinajstić information content (AvgIpc) is 3.09. The molecule has 1 saturated heterocycles. The van der Waals surface area contributed by atoms with E-state index < -0.39 is 0 Å². The molecule has 2 fully saturated rings. The highest BCUT2D eigenvalue weighted by Crippen LogP contribution is 2.31. The van der Waals surface area contributed by atoms with Gasteiger partial charge in [0.15, 0.2) is 0 Å². The van der Waals surface area contributed by atoms with Crippen LogP contribution in [0.25, 0.3) is 0 Å². The predicted octanol–water partition coefficient (Wildman–Crippen LogP) is 2.71. The van der Waals surface area contributed by atoms with E-state index in [-0.39, 0.29) is 0 Å². The number of nitrogens with zero attached hydrogens (tertiary/aromatic N) is 1. The summed E-state index contributed by atoms with van der Waals surface area (Å²) in [5.41, 5.74) is 0. The van der Waals surface area contributed by atoms with Crippen molar-refractivity contribution in [2.45, 2.75) is 38.3 Å². The lowest BCUT2D eigenvalue weighted by Gasteiger charge is -2.29. The number of nitrogens with one attached hydrogen (secondary N) is 1. The standard InChI is InChI=1S/C14H22N2S/c1-2-14(17-9-1)11-16(13-3-4-13)10-12-5-7-15-8-6-12/h1-2,9,12-13,15H,3-8,10-11H2. The number of thiophene rings is 1. The third-order valence-electron chi connectivity index (χ3n) is 3.95. The van der Waals surface area contributed by atoms with Gasteiger partial charge in [0.2, 0.25) is 0 Å². The monoisotopic (exact) mass is 250 g/mol. The third-order valence-corrected chi connectivity index (χ3v) is 4.81. The van der Waals surface area contributed by atoms with Crippen LogP contribution in [0.15, 0.2) is 17.5 Å². The van der Waals surface area contributed by atoms with Crippen molar-refractivity contribution in [2.24, 2.45) is 5.92 Å².